The minimum atomic E-state index is -0.107. The van der Waals surface area contributed by atoms with Crippen molar-refractivity contribution in [2.24, 2.45) is 4.99 Å². The van der Waals surface area contributed by atoms with Gasteiger partial charge in [-0.3, -0.25) is 9.79 Å². The van der Waals surface area contributed by atoms with Crippen LogP contribution in [0.25, 0.3) is 5.57 Å². The molecule has 0 saturated carbocycles. The number of carbonyl (C=O) groups excluding carboxylic acids is 1. The van der Waals surface area contributed by atoms with E-state index in [1.165, 1.54) is 5.57 Å². The Morgan fingerprint density at radius 3 is 2.78 bits per heavy atom. The monoisotopic (exact) mass is 307 g/mol. The number of rotatable bonds is 5. The van der Waals surface area contributed by atoms with Gasteiger partial charge < -0.3 is 10.1 Å². The number of allylic oxidation sites excluding steroid dienone is 1. The summed E-state index contributed by atoms with van der Waals surface area (Å²) in [5.41, 5.74) is 3.84. The van der Waals surface area contributed by atoms with Crippen molar-refractivity contribution in [3.05, 3.63) is 65.4 Å². The molecule has 2 aromatic rings. The third kappa shape index (κ3) is 3.63. The number of nitrogens with zero attached hydrogens (tertiary/aromatic N) is 2. The van der Waals surface area contributed by atoms with Crippen LogP contribution in [0.4, 0.5) is 0 Å². The molecule has 5 nitrogen and oxygen atoms in total. The molecule has 0 unspecified atom stereocenters. The van der Waals surface area contributed by atoms with E-state index in [4.69, 9.17) is 4.74 Å². The molecule has 1 N–H and O–H groups in total. The topological polar surface area (TPSA) is 63.6 Å². The number of carbonyl (C=O) groups is 1. The van der Waals surface area contributed by atoms with Crippen LogP contribution in [0.1, 0.15) is 21.5 Å². The number of benzene rings is 1. The molecular formula is C18H17N3O2. The normalized spacial score (nSPS) is 12.8. The molecule has 0 spiro atoms. The summed E-state index contributed by atoms with van der Waals surface area (Å²) in [5, 5.41) is 2.89. The molecule has 1 aromatic heterocycles. The van der Waals surface area contributed by atoms with Crippen LogP contribution in [0.3, 0.4) is 0 Å². The van der Waals surface area contributed by atoms with E-state index < -0.39 is 0 Å². The van der Waals surface area contributed by atoms with Crippen LogP contribution in [0, 0.1) is 0 Å². The summed E-state index contributed by atoms with van der Waals surface area (Å²) < 4.78 is 5.07. The molecule has 0 saturated heterocycles. The number of aliphatic imine (C=N–C) groups is 1. The second-order valence-electron chi connectivity index (χ2n) is 5.15. The van der Waals surface area contributed by atoms with Gasteiger partial charge in [-0.15, -0.1) is 0 Å². The maximum absolute atomic E-state index is 12.2. The first-order valence-corrected chi connectivity index (χ1v) is 7.33. The van der Waals surface area contributed by atoms with Gasteiger partial charge in [-0.1, -0.05) is 12.1 Å². The van der Waals surface area contributed by atoms with Crippen LogP contribution in [0.15, 0.2) is 53.7 Å². The molecule has 1 amide bonds. The Morgan fingerprint density at radius 1 is 1.26 bits per heavy atom. The Bertz CT molecular complexity index is 764. The van der Waals surface area contributed by atoms with Crippen LogP contribution >= 0.6 is 0 Å². The lowest BCUT2D eigenvalue weighted by atomic mass is 10.0. The number of ether oxygens (including phenoxy) is 1. The maximum atomic E-state index is 12.2. The first-order chi connectivity index (χ1) is 11.3. The van der Waals surface area contributed by atoms with Gasteiger partial charge in [0.25, 0.3) is 5.91 Å². The lowest BCUT2D eigenvalue weighted by molar-refractivity contribution is 0.0951. The van der Waals surface area contributed by atoms with Gasteiger partial charge in [0, 0.05) is 30.6 Å². The second kappa shape index (κ2) is 6.87. The van der Waals surface area contributed by atoms with Crippen LogP contribution in [0.2, 0.25) is 0 Å². The molecule has 1 aliphatic heterocycles. The average Bonchev–Trinajstić information content (AvgIpc) is 3.14. The molecule has 23 heavy (non-hydrogen) atoms. The number of nitrogens with one attached hydrogen (secondary N) is 1. The Kier molecular flexibility index (Phi) is 4.47. The zero-order valence-corrected chi connectivity index (χ0v) is 12.8. The molecule has 116 valence electrons. The fraction of sp³-hybridized carbons (Fsp3) is 0.167. The minimum Gasteiger partial charge on any atom is -0.481 e. The van der Waals surface area contributed by atoms with Crippen molar-refractivity contribution < 1.29 is 9.53 Å². The van der Waals surface area contributed by atoms with Crippen LogP contribution in [-0.2, 0) is 6.54 Å². The Hall–Kier alpha value is -2.95. The predicted octanol–water partition coefficient (Wildman–Crippen LogP) is 2.49. The first-order valence-electron chi connectivity index (χ1n) is 7.33. The van der Waals surface area contributed by atoms with Gasteiger partial charge in [0.05, 0.1) is 13.7 Å². The molecule has 0 atom stereocenters. The van der Waals surface area contributed by atoms with E-state index in [0.29, 0.717) is 24.5 Å². The number of amides is 1. The highest BCUT2D eigenvalue weighted by Crippen LogP contribution is 2.18. The lowest BCUT2D eigenvalue weighted by Crippen LogP contribution is -2.22. The van der Waals surface area contributed by atoms with Crippen molar-refractivity contribution in [1.29, 1.82) is 0 Å². The lowest BCUT2D eigenvalue weighted by Gasteiger charge is -2.07. The third-order valence-corrected chi connectivity index (χ3v) is 3.62. The summed E-state index contributed by atoms with van der Waals surface area (Å²) in [5.74, 6) is 0.428. The van der Waals surface area contributed by atoms with E-state index in [9.17, 15) is 4.79 Å². The predicted molar refractivity (Wildman–Crippen MR) is 89.7 cm³/mol. The first kappa shape index (κ1) is 15.0. The molecule has 0 fully saturated rings. The molecule has 0 bridgehead atoms. The molecule has 0 aliphatic carbocycles. The van der Waals surface area contributed by atoms with Crippen LogP contribution in [0.5, 0.6) is 5.88 Å². The van der Waals surface area contributed by atoms with E-state index in [1.54, 1.807) is 25.6 Å². The van der Waals surface area contributed by atoms with Gasteiger partial charge in [0.15, 0.2) is 0 Å². The number of methoxy groups -OCH3 is 1. The van der Waals surface area contributed by atoms with E-state index in [-0.39, 0.29) is 5.91 Å². The largest absolute Gasteiger partial charge is 0.481 e. The van der Waals surface area contributed by atoms with E-state index in [2.05, 4.69) is 15.3 Å². The van der Waals surface area contributed by atoms with E-state index in [1.807, 2.05) is 36.4 Å². The van der Waals surface area contributed by atoms with Gasteiger partial charge in [-0.05, 0) is 41.0 Å². The molecule has 1 aliphatic rings. The molecule has 5 heteroatoms. The molecular weight excluding hydrogens is 290 g/mol. The number of pyridine rings is 1. The van der Waals surface area contributed by atoms with E-state index in [0.717, 1.165) is 11.1 Å². The van der Waals surface area contributed by atoms with Crippen LogP contribution < -0.4 is 10.1 Å². The summed E-state index contributed by atoms with van der Waals surface area (Å²) in [7, 11) is 1.57. The maximum Gasteiger partial charge on any atom is 0.251 e. The smallest absolute Gasteiger partial charge is 0.251 e. The Morgan fingerprint density at radius 2 is 2.09 bits per heavy atom. The highest BCUT2D eigenvalue weighted by Gasteiger charge is 2.08. The van der Waals surface area contributed by atoms with Gasteiger partial charge in [0.2, 0.25) is 5.88 Å². The standard InChI is InChI=1S/C18H17N3O2/c1-23-17-10-13(6-9-20-17)11-21-18(22)15-4-2-14(3-5-15)16-7-8-19-12-16/h2-10H,11-12H2,1H3,(H,21,22). The minimum absolute atomic E-state index is 0.107. The molecule has 1 aromatic carbocycles. The fourth-order valence-electron chi connectivity index (χ4n) is 2.33. The molecule has 0 radical (unpaired) electrons. The average molecular weight is 307 g/mol. The van der Waals surface area contributed by atoms with Gasteiger partial charge in [0.1, 0.15) is 0 Å². The van der Waals surface area contributed by atoms with Crippen molar-refractivity contribution in [2.45, 2.75) is 6.54 Å². The quantitative estimate of drug-likeness (QED) is 0.923. The van der Waals surface area contributed by atoms with Crippen LogP contribution in [-0.4, -0.2) is 30.8 Å². The Labute approximate surface area is 134 Å². The van der Waals surface area contributed by atoms with E-state index >= 15 is 0 Å². The van der Waals surface area contributed by atoms with Gasteiger partial charge in [-0.2, -0.15) is 0 Å². The molecule has 2 heterocycles. The Balaban J connectivity index is 1.61. The summed E-state index contributed by atoms with van der Waals surface area (Å²) in [4.78, 5) is 20.4. The molecule has 3 rings (SSSR count). The number of hydrogen-bond donors (Lipinski definition) is 1. The number of hydrogen-bond acceptors (Lipinski definition) is 4. The third-order valence-electron chi connectivity index (χ3n) is 3.62. The summed E-state index contributed by atoms with van der Waals surface area (Å²) in [6.07, 6.45) is 5.46. The number of aromatic nitrogens is 1. The van der Waals surface area contributed by atoms with Crippen molar-refractivity contribution in [2.75, 3.05) is 13.7 Å². The van der Waals surface area contributed by atoms with Crippen molar-refractivity contribution in [1.82, 2.24) is 10.3 Å². The summed E-state index contributed by atoms with van der Waals surface area (Å²) in [6.45, 7) is 1.13. The summed E-state index contributed by atoms with van der Waals surface area (Å²) >= 11 is 0. The van der Waals surface area contributed by atoms with Crippen molar-refractivity contribution >= 4 is 17.7 Å². The van der Waals surface area contributed by atoms with Gasteiger partial charge in [-0.25, -0.2) is 4.98 Å². The van der Waals surface area contributed by atoms with Crippen molar-refractivity contribution in [3.63, 3.8) is 0 Å². The van der Waals surface area contributed by atoms with Crippen molar-refractivity contribution in [3.8, 4) is 5.88 Å². The second-order valence-corrected chi connectivity index (χ2v) is 5.15. The zero-order valence-electron chi connectivity index (χ0n) is 12.8. The zero-order chi connectivity index (χ0) is 16.1. The SMILES string of the molecule is COc1cc(CNC(=O)c2ccc(C3=CC=NC3)cc2)ccn1. The summed E-state index contributed by atoms with van der Waals surface area (Å²) in [6, 6.07) is 11.2. The van der Waals surface area contributed by atoms with Gasteiger partial charge >= 0.3 is 0 Å². The fourth-order valence-corrected chi connectivity index (χ4v) is 2.33. The highest BCUT2D eigenvalue weighted by molar-refractivity contribution is 5.95. The highest BCUT2D eigenvalue weighted by atomic mass is 16.5.